The molecule has 0 amide bonds. The summed E-state index contributed by atoms with van der Waals surface area (Å²) in [6, 6.07) is 13.5. The van der Waals surface area contributed by atoms with Crippen LogP contribution >= 0.6 is 11.6 Å². The molecule has 7 nitrogen and oxygen atoms in total. The minimum atomic E-state index is -0.154. The Morgan fingerprint density at radius 3 is 2.66 bits per heavy atom. The van der Waals surface area contributed by atoms with Crippen LogP contribution in [0.3, 0.4) is 0 Å². The second kappa shape index (κ2) is 7.17. The molecule has 6 rings (SSSR count). The van der Waals surface area contributed by atoms with Crippen molar-refractivity contribution in [3.8, 4) is 16.8 Å². The van der Waals surface area contributed by atoms with Crippen LogP contribution in [0.2, 0.25) is 5.02 Å². The van der Waals surface area contributed by atoms with Crippen molar-refractivity contribution in [2.24, 2.45) is 7.05 Å². The van der Waals surface area contributed by atoms with Gasteiger partial charge in [0.15, 0.2) is 0 Å². The van der Waals surface area contributed by atoms with E-state index in [0.717, 1.165) is 40.4 Å². The zero-order chi connectivity index (χ0) is 21.8. The van der Waals surface area contributed by atoms with E-state index in [4.69, 9.17) is 16.6 Å². The average Bonchev–Trinajstić information content (AvgIpc) is 3.51. The van der Waals surface area contributed by atoms with Gasteiger partial charge in [0.1, 0.15) is 0 Å². The van der Waals surface area contributed by atoms with Crippen LogP contribution in [0.5, 0.6) is 0 Å². The number of aromatic nitrogens is 5. The minimum Gasteiger partial charge on any atom is -0.351 e. The van der Waals surface area contributed by atoms with Crippen LogP contribution in [0, 0.1) is 0 Å². The third-order valence-corrected chi connectivity index (χ3v) is 5.93. The highest BCUT2D eigenvalue weighted by atomic mass is 35.5. The zero-order valence-electron chi connectivity index (χ0n) is 17.3. The molecule has 0 radical (unpaired) electrons. The van der Waals surface area contributed by atoms with Crippen LogP contribution in [0.4, 0.5) is 5.95 Å². The highest BCUT2D eigenvalue weighted by Crippen LogP contribution is 2.29. The first-order valence-corrected chi connectivity index (χ1v) is 10.8. The third-order valence-electron chi connectivity index (χ3n) is 5.68. The summed E-state index contributed by atoms with van der Waals surface area (Å²) in [5, 5.41) is 10.1. The molecule has 1 N–H and O–H groups in total. The molecule has 3 aromatic heterocycles. The molecule has 1 aliphatic carbocycles. The molecule has 1 aliphatic rings. The first kappa shape index (κ1) is 19.0. The minimum absolute atomic E-state index is 0.154. The summed E-state index contributed by atoms with van der Waals surface area (Å²) < 4.78 is 3.41. The normalized spacial score (nSPS) is 13.7. The SMILES string of the molecule is Cn1cc2cc(-n3cc4cnc(NC5CC5)nc4c(-c4ccc(Cl)cc4)c3=O)ccc2n1. The van der Waals surface area contributed by atoms with Crippen LogP contribution in [0.1, 0.15) is 12.8 Å². The number of hydrogen-bond acceptors (Lipinski definition) is 5. The van der Waals surface area contributed by atoms with Gasteiger partial charge in [-0.2, -0.15) is 5.10 Å². The Morgan fingerprint density at radius 1 is 1.06 bits per heavy atom. The standard InChI is InChI=1S/C24H19ClN6O/c1-30-12-15-10-19(8-9-20(15)29-30)31-13-16-11-26-24(27-18-6-7-18)28-22(16)21(23(31)32)14-2-4-17(25)5-3-14/h2-5,8-13,18H,6-7H2,1H3,(H,27,28). The number of nitrogens with one attached hydrogen (secondary N) is 1. The fraction of sp³-hybridized carbons (Fsp3) is 0.167. The molecule has 5 aromatic rings. The van der Waals surface area contributed by atoms with Crippen LogP contribution in [0.15, 0.2) is 65.8 Å². The smallest absolute Gasteiger partial charge is 0.265 e. The van der Waals surface area contributed by atoms with Gasteiger partial charge in [-0.1, -0.05) is 23.7 Å². The Hall–Kier alpha value is -3.71. The maximum atomic E-state index is 13.8. The van der Waals surface area contributed by atoms with E-state index in [1.807, 2.05) is 43.6 Å². The van der Waals surface area contributed by atoms with Gasteiger partial charge in [0.25, 0.3) is 5.56 Å². The molecule has 3 heterocycles. The van der Waals surface area contributed by atoms with Gasteiger partial charge in [0.05, 0.1) is 16.6 Å². The Morgan fingerprint density at radius 2 is 1.88 bits per heavy atom. The van der Waals surface area contributed by atoms with Crippen LogP contribution in [0.25, 0.3) is 38.6 Å². The molecule has 8 heteroatoms. The molecular formula is C24H19ClN6O. The Bertz CT molecular complexity index is 1550. The number of halogens is 1. The molecule has 1 fully saturated rings. The van der Waals surface area contributed by atoms with Crippen molar-refractivity contribution in [2.75, 3.05) is 5.32 Å². The maximum absolute atomic E-state index is 13.8. The summed E-state index contributed by atoms with van der Waals surface area (Å²) in [6.07, 6.45) is 7.73. The van der Waals surface area contributed by atoms with Crippen LogP contribution < -0.4 is 10.9 Å². The number of fused-ring (bicyclic) bond motifs is 2. The van der Waals surface area contributed by atoms with Crippen molar-refractivity contribution < 1.29 is 0 Å². The third kappa shape index (κ3) is 3.31. The first-order chi connectivity index (χ1) is 15.5. The van der Waals surface area contributed by atoms with Crippen molar-refractivity contribution in [3.63, 3.8) is 0 Å². The summed E-state index contributed by atoms with van der Waals surface area (Å²) in [5.41, 5.74) is 3.38. The summed E-state index contributed by atoms with van der Waals surface area (Å²) in [7, 11) is 1.88. The van der Waals surface area contributed by atoms with Gasteiger partial charge in [0.2, 0.25) is 5.95 Å². The van der Waals surface area contributed by atoms with Crippen molar-refractivity contribution in [2.45, 2.75) is 18.9 Å². The van der Waals surface area contributed by atoms with Gasteiger partial charge in [0, 0.05) is 53.2 Å². The van der Waals surface area contributed by atoms with Crippen molar-refractivity contribution in [1.29, 1.82) is 0 Å². The van der Waals surface area contributed by atoms with Crippen LogP contribution in [-0.2, 0) is 7.05 Å². The van der Waals surface area contributed by atoms with E-state index < -0.39 is 0 Å². The van der Waals surface area contributed by atoms with Crippen molar-refractivity contribution >= 4 is 39.4 Å². The topological polar surface area (TPSA) is 77.6 Å². The molecule has 0 unspecified atom stereocenters. The van der Waals surface area contributed by atoms with Crippen molar-refractivity contribution in [3.05, 3.63) is 76.4 Å². The Balaban J connectivity index is 1.61. The van der Waals surface area contributed by atoms with Gasteiger partial charge in [-0.05, 0) is 48.7 Å². The van der Waals surface area contributed by atoms with Crippen LogP contribution in [-0.4, -0.2) is 30.4 Å². The van der Waals surface area contributed by atoms with E-state index in [9.17, 15) is 4.79 Å². The molecule has 0 spiro atoms. The fourth-order valence-corrected chi connectivity index (χ4v) is 4.07. The lowest BCUT2D eigenvalue weighted by molar-refractivity contribution is 0.780. The first-order valence-electron chi connectivity index (χ1n) is 10.4. The number of benzene rings is 2. The molecule has 2 aromatic carbocycles. The molecule has 0 atom stereocenters. The number of rotatable bonds is 4. The van der Waals surface area contributed by atoms with Crippen molar-refractivity contribution in [1.82, 2.24) is 24.3 Å². The number of pyridine rings is 1. The zero-order valence-corrected chi connectivity index (χ0v) is 18.0. The number of hydrogen-bond donors (Lipinski definition) is 1. The van der Waals surface area contributed by atoms with E-state index in [2.05, 4.69) is 15.4 Å². The fourth-order valence-electron chi connectivity index (χ4n) is 3.94. The summed E-state index contributed by atoms with van der Waals surface area (Å²) in [4.78, 5) is 23.0. The predicted molar refractivity (Wildman–Crippen MR) is 126 cm³/mol. The van der Waals surface area contributed by atoms with E-state index in [-0.39, 0.29) is 5.56 Å². The lowest BCUT2D eigenvalue weighted by Crippen LogP contribution is -2.21. The molecule has 32 heavy (non-hydrogen) atoms. The summed E-state index contributed by atoms with van der Waals surface area (Å²) in [5.74, 6) is 0.546. The monoisotopic (exact) mass is 442 g/mol. The number of nitrogens with zero attached hydrogens (tertiary/aromatic N) is 5. The lowest BCUT2D eigenvalue weighted by Gasteiger charge is -2.13. The maximum Gasteiger partial charge on any atom is 0.265 e. The second-order valence-electron chi connectivity index (χ2n) is 8.15. The highest BCUT2D eigenvalue weighted by Gasteiger charge is 2.23. The van der Waals surface area contributed by atoms with Gasteiger partial charge >= 0.3 is 0 Å². The van der Waals surface area contributed by atoms with Gasteiger partial charge < -0.3 is 5.32 Å². The number of aryl methyl sites for hydroxylation is 1. The van der Waals surface area contributed by atoms with Gasteiger partial charge in [-0.15, -0.1) is 0 Å². The largest absolute Gasteiger partial charge is 0.351 e. The summed E-state index contributed by atoms with van der Waals surface area (Å²) >= 11 is 6.10. The second-order valence-corrected chi connectivity index (χ2v) is 8.58. The Labute approximate surface area is 188 Å². The van der Waals surface area contributed by atoms with E-state index >= 15 is 0 Å². The van der Waals surface area contributed by atoms with E-state index in [1.165, 1.54) is 0 Å². The molecular weight excluding hydrogens is 424 g/mol. The molecule has 158 valence electrons. The molecule has 0 saturated heterocycles. The number of anilines is 1. The van der Waals surface area contributed by atoms with Gasteiger partial charge in [-0.25, -0.2) is 9.97 Å². The van der Waals surface area contributed by atoms with Gasteiger partial charge in [-0.3, -0.25) is 14.0 Å². The highest BCUT2D eigenvalue weighted by molar-refractivity contribution is 6.30. The molecule has 0 bridgehead atoms. The van der Waals surface area contributed by atoms with E-state index in [1.54, 1.807) is 33.8 Å². The Kier molecular flexibility index (Phi) is 4.26. The van der Waals surface area contributed by atoms with E-state index in [0.29, 0.717) is 28.1 Å². The average molecular weight is 443 g/mol. The lowest BCUT2D eigenvalue weighted by atomic mass is 10.0. The quantitative estimate of drug-likeness (QED) is 0.441. The molecule has 0 aliphatic heterocycles. The molecule has 1 saturated carbocycles. The summed E-state index contributed by atoms with van der Waals surface area (Å²) in [6.45, 7) is 0. The predicted octanol–water partition coefficient (Wildman–Crippen LogP) is 4.56.